The molecule has 1 unspecified atom stereocenters. The van der Waals surface area contributed by atoms with Gasteiger partial charge in [0.1, 0.15) is 0 Å². The summed E-state index contributed by atoms with van der Waals surface area (Å²) in [6, 6.07) is 8.94. The molecule has 0 aromatic heterocycles. The smallest absolute Gasteiger partial charge is 0.310 e. The molecule has 1 heterocycles. The van der Waals surface area contributed by atoms with Gasteiger partial charge in [0.25, 0.3) is 0 Å². The van der Waals surface area contributed by atoms with E-state index in [0.29, 0.717) is 12.6 Å². The monoisotopic (exact) mass is 438 g/mol. The van der Waals surface area contributed by atoms with Gasteiger partial charge in [-0.2, -0.15) is 0 Å². The highest BCUT2D eigenvalue weighted by Gasteiger charge is 2.20. The number of rotatable bonds is 7. The van der Waals surface area contributed by atoms with Crippen molar-refractivity contribution in [3.63, 3.8) is 0 Å². The van der Waals surface area contributed by atoms with E-state index in [2.05, 4.69) is 60.7 Å². The third-order valence-corrected chi connectivity index (χ3v) is 5.25. The van der Waals surface area contributed by atoms with Crippen molar-refractivity contribution in [1.82, 2.24) is 15.5 Å². The summed E-state index contributed by atoms with van der Waals surface area (Å²) in [5.41, 5.74) is 1.34. The first-order valence-corrected chi connectivity index (χ1v) is 10.4. The molecule has 1 atom stereocenters. The molecule has 0 bridgehead atoms. The number of benzene rings is 1. The van der Waals surface area contributed by atoms with E-state index in [1.807, 2.05) is 13.8 Å². The summed E-state index contributed by atoms with van der Waals surface area (Å²) in [7, 11) is 1.41. The molecule has 0 aliphatic carbocycles. The van der Waals surface area contributed by atoms with Crippen LogP contribution in [0.3, 0.4) is 0 Å². The van der Waals surface area contributed by atoms with Crippen LogP contribution in [0.5, 0.6) is 0 Å². The summed E-state index contributed by atoms with van der Waals surface area (Å²) < 4.78 is 5.88. The van der Waals surface area contributed by atoms with Crippen LogP contribution in [0.25, 0.3) is 0 Å². The average molecular weight is 439 g/mol. The number of esters is 1. The Balaban J connectivity index is 1.80. The Morgan fingerprint density at radius 1 is 1.33 bits per heavy atom. The molecule has 1 aromatic carbocycles. The number of carbonyl (C=O) groups excluding carboxylic acids is 1. The number of nitrogens with zero attached hydrogens (tertiary/aromatic N) is 2. The van der Waals surface area contributed by atoms with Crippen LogP contribution < -0.4 is 10.6 Å². The SMILES string of the molecule is CCNC(=NCC(C)C(=O)OC)NC1CCN(Cc2ccc(Br)cc2)CC1. The van der Waals surface area contributed by atoms with E-state index in [1.54, 1.807) is 0 Å². The topological polar surface area (TPSA) is 66.0 Å². The molecule has 0 spiro atoms. The molecule has 150 valence electrons. The lowest BCUT2D eigenvalue weighted by Crippen LogP contribution is -2.48. The highest BCUT2D eigenvalue weighted by atomic mass is 79.9. The second-order valence-electron chi connectivity index (χ2n) is 6.97. The van der Waals surface area contributed by atoms with Gasteiger partial charge in [-0.1, -0.05) is 35.0 Å². The molecule has 1 aromatic rings. The van der Waals surface area contributed by atoms with E-state index in [9.17, 15) is 4.79 Å². The number of piperidine rings is 1. The lowest BCUT2D eigenvalue weighted by atomic mass is 10.0. The molecule has 2 rings (SSSR count). The minimum Gasteiger partial charge on any atom is -0.469 e. The van der Waals surface area contributed by atoms with Gasteiger partial charge < -0.3 is 15.4 Å². The number of hydrogen-bond donors (Lipinski definition) is 2. The van der Waals surface area contributed by atoms with Crippen molar-refractivity contribution in [3.05, 3.63) is 34.3 Å². The number of carbonyl (C=O) groups is 1. The van der Waals surface area contributed by atoms with Gasteiger partial charge in [-0.25, -0.2) is 0 Å². The largest absolute Gasteiger partial charge is 0.469 e. The predicted molar refractivity (Wildman–Crippen MR) is 113 cm³/mol. The number of ether oxygens (including phenoxy) is 1. The first-order valence-electron chi connectivity index (χ1n) is 9.61. The van der Waals surface area contributed by atoms with E-state index < -0.39 is 0 Å². The lowest BCUT2D eigenvalue weighted by Gasteiger charge is -2.33. The van der Waals surface area contributed by atoms with Crippen molar-refractivity contribution >= 4 is 27.9 Å². The molecule has 0 radical (unpaired) electrons. The maximum atomic E-state index is 11.5. The quantitative estimate of drug-likeness (QED) is 0.389. The van der Waals surface area contributed by atoms with Gasteiger partial charge in [-0.3, -0.25) is 14.7 Å². The number of likely N-dealkylation sites (tertiary alicyclic amines) is 1. The van der Waals surface area contributed by atoms with Crippen LogP contribution in [0.1, 0.15) is 32.3 Å². The van der Waals surface area contributed by atoms with Gasteiger partial charge in [0.05, 0.1) is 19.6 Å². The zero-order valence-corrected chi connectivity index (χ0v) is 18.1. The number of guanidine groups is 1. The molecule has 1 fully saturated rings. The van der Waals surface area contributed by atoms with Crippen LogP contribution in [0.15, 0.2) is 33.7 Å². The van der Waals surface area contributed by atoms with Crippen molar-refractivity contribution in [2.75, 3.05) is 33.3 Å². The molecule has 1 saturated heterocycles. The van der Waals surface area contributed by atoms with Gasteiger partial charge in [0.15, 0.2) is 5.96 Å². The summed E-state index contributed by atoms with van der Waals surface area (Å²) in [5, 5.41) is 6.78. The molecular formula is C20H31BrN4O2. The Hall–Kier alpha value is -1.60. The van der Waals surface area contributed by atoms with E-state index in [4.69, 9.17) is 4.74 Å². The molecule has 7 heteroatoms. The number of nitrogens with one attached hydrogen (secondary N) is 2. The number of halogens is 1. The van der Waals surface area contributed by atoms with Gasteiger partial charge in [-0.05, 0) is 37.5 Å². The molecule has 6 nitrogen and oxygen atoms in total. The zero-order valence-electron chi connectivity index (χ0n) is 16.5. The summed E-state index contributed by atoms with van der Waals surface area (Å²) in [4.78, 5) is 18.6. The highest BCUT2D eigenvalue weighted by Crippen LogP contribution is 2.16. The summed E-state index contributed by atoms with van der Waals surface area (Å²) in [6.45, 7) is 8.20. The number of hydrogen-bond acceptors (Lipinski definition) is 4. The van der Waals surface area contributed by atoms with Crippen molar-refractivity contribution in [1.29, 1.82) is 0 Å². The zero-order chi connectivity index (χ0) is 19.6. The molecule has 1 aliphatic rings. The van der Waals surface area contributed by atoms with E-state index >= 15 is 0 Å². The molecule has 0 saturated carbocycles. The highest BCUT2D eigenvalue weighted by molar-refractivity contribution is 9.10. The fourth-order valence-corrected chi connectivity index (χ4v) is 3.37. The summed E-state index contributed by atoms with van der Waals surface area (Å²) in [5.74, 6) is 0.314. The lowest BCUT2D eigenvalue weighted by molar-refractivity contribution is -0.144. The molecule has 2 N–H and O–H groups in total. The van der Waals surface area contributed by atoms with Crippen molar-refractivity contribution in [3.8, 4) is 0 Å². The maximum absolute atomic E-state index is 11.5. The Kier molecular flexibility index (Phi) is 9.07. The van der Waals surface area contributed by atoms with Crippen LogP contribution in [-0.2, 0) is 16.1 Å². The van der Waals surface area contributed by atoms with Gasteiger partial charge in [0.2, 0.25) is 0 Å². The van der Waals surface area contributed by atoms with Gasteiger partial charge in [0, 0.05) is 36.7 Å². The normalized spacial score (nSPS) is 17.4. The van der Waals surface area contributed by atoms with Crippen molar-refractivity contribution in [2.45, 2.75) is 39.3 Å². The molecular weight excluding hydrogens is 408 g/mol. The molecule has 0 amide bonds. The second kappa shape index (κ2) is 11.3. The minimum atomic E-state index is -0.238. The summed E-state index contributed by atoms with van der Waals surface area (Å²) in [6.07, 6.45) is 2.15. The van der Waals surface area contributed by atoms with Crippen molar-refractivity contribution in [2.24, 2.45) is 10.9 Å². The Morgan fingerprint density at radius 3 is 2.59 bits per heavy atom. The number of aliphatic imine (C=N–C) groups is 1. The Bertz CT molecular complexity index is 613. The van der Waals surface area contributed by atoms with E-state index in [0.717, 1.165) is 49.5 Å². The minimum absolute atomic E-state index is 0.226. The second-order valence-corrected chi connectivity index (χ2v) is 7.88. The summed E-state index contributed by atoms with van der Waals surface area (Å²) >= 11 is 3.48. The molecule has 27 heavy (non-hydrogen) atoms. The maximum Gasteiger partial charge on any atom is 0.310 e. The van der Waals surface area contributed by atoms with Crippen molar-refractivity contribution < 1.29 is 9.53 Å². The van der Waals surface area contributed by atoms with Crippen LogP contribution in [-0.4, -0.2) is 56.2 Å². The third-order valence-electron chi connectivity index (χ3n) is 4.72. The number of methoxy groups -OCH3 is 1. The van der Waals surface area contributed by atoms with E-state index in [1.165, 1.54) is 12.7 Å². The van der Waals surface area contributed by atoms with Gasteiger partial charge >= 0.3 is 5.97 Å². The fourth-order valence-electron chi connectivity index (χ4n) is 3.10. The van der Waals surface area contributed by atoms with E-state index in [-0.39, 0.29) is 11.9 Å². The third kappa shape index (κ3) is 7.50. The average Bonchev–Trinajstić information content (AvgIpc) is 2.68. The first kappa shape index (κ1) is 21.7. The Morgan fingerprint density at radius 2 is 2.00 bits per heavy atom. The van der Waals surface area contributed by atoms with Crippen LogP contribution in [0.2, 0.25) is 0 Å². The fraction of sp³-hybridized carbons (Fsp3) is 0.600. The standard InChI is InChI=1S/C20H31BrN4O2/c1-4-22-20(23-13-15(2)19(26)27-3)24-18-9-11-25(12-10-18)14-16-5-7-17(21)8-6-16/h5-8,15,18H,4,9-14H2,1-3H3,(H2,22,23,24). The Labute approximate surface area is 170 Å². The van der Waals surface area contributed by atoms with Crippen LogP contribution >= 0.6 is 15.9 Å². The first-order chi connectivity index (χ1) is 13.0. The van der Waals surface area contributed by atoms with Gasteiger partial charge in [-0.15, -0.1) is 0 Å². The predicted octanol–water partition coefficient (Wildman–Crippen LogP) is 2.78. The molecule has 1 aliphatic heterocycles. The van der Waals surface area contributed by atoms with Crippen LogP contribution in [0.4, 0.5) is 0 Å². The van der Waals surface area contributed by atoms with Crippen LogP contribution in [0, 0.1) is 5.92 Å².